The molecule has 3 aromatic rings. The average Bonchev–Trinajstić information content (AvgIpc) is 2.55. The van der Waals surface area contributed by atoms with Crippen LogP contribution in [0.3, 0.4) is 0 Å². The van der Waals surface area contributed by atoms with E-state index in [2.05, 4.69) is 9.71 Å². The summed E-state index contributed by atoms with van der Waals surface area (Å²) in [6.07, 6.45) is -3.11. The number of anilines is 1. The Morgan fingerprint density at radius 3 is 2.62 bits per heavy atom. The van der Waals surface area contributed by atoms with Gasteiger partial charge in [0.2, 0.25) is 0 Å². The predicted octanol–water partition coefficient (Wildman–Crippen LogP) is 4.51. The first kappa shape index (κ1) is 15.1. The smallest absolute Gasteiger partial charge is 0.298 e. The Morgan fingerprint density at radius 2 is 1.88 bits per heavy atom. The fourth-order valence-electron chi connectivity index (χ4n) is 2.74. The van der Waals surface area contributed by atoms with Gasteiger partial charge in [-0.05, 0) is 36.4 Å². The predicted molar refractivity (Wildman–Crippen MR) is 82.2 cm³/mol. The van der Waals surface area contributed by atoms with Crippen molar-refractivity contribution in [3.63, 3.8) is 0 Å². The lowest BCUT2D eigenvalue weighted by Gasteiger charge is -2.23. The van der Waals surface area contributed by atoms with Crippen molar-refractivity contribution in [2.24, 2.45) is 0 Å². The molecule has 0 fully saturated rings. The molecule has 3 nitrogen and oxygen atoms in total. The van der Waals surface area contributed by atoms with Crippen molar-refractivity contribution in [1.82, 2.24) is 4.98 Å². The van der Waals surface area contributed by atoms with Gasteiger partial charge >= 0.3 is 6.18 Å². The van der Waals surface area contributed by atoms with E-state index in [1.54, 1.807) is 6.07 Å². The number of fused-ring (bicyclic) bond motifs is 5. The van der Waals surface area contributed by atoms with E-state index in [-0.39, 0.29) is 32.6 Å². The van der Waals surface area contributed by atoms with E-state index in [0.29, 0.717) is 0 Å². The minimum atomic E-state index is -4.55. The lowest BCUT2D eigenvalue weighted by atomic mass is 9.98. The van der Waals surface area contributed by atoms with Crippen molar-refractivity contribution in [2.45, 2.75) is 11.1 Å². The molecule has 0 bridgehead atoms. The molecular weight excluding hydrogens is 344 g/mol. The SMILES string of the molecule is O=S1Nc2c(cc(F)c3cccnc23)-c2cc(C(F)(F)F)ccc21. The molecule has 4 rings (SSSR count). The molecule has 2 heterocycles. The Bertz CT molecular complexity index is 1020. The molecule has 1 unspecified atom stereocenters. The van der Waals surface area contributed by atoms with Gasteiger partial charge in [-0.25, -0.2) is 8.60 Å². The number of aromatic nitrogens is 1. The van der Waals surface area contributed by atoms with Crippen LogP contribution in [0, 0.1) is 5.82 Å². The number of pyridine rings is 1. The Morgan fingerprint density at radius 1 is 1.08 bits per heavy atom. The number of benzene rings is 2. The molecule has 0 aliphatic carbocycles. The summed E-state index contributed by atoms with van der Waals surface area (Å²) in [7, 11) is -1.75. The number of hydrogen-bond acceptors (Lipinski definition) is 2. The minimum absolute atomic E-state index is 0.0864. The zero-order valence-corrected chi connectivity index (χ0v) is 12.6. The van der Waals surface area contributed by atoms with Crippen LogP contribution >= 0.6 is 0 Å². The first-order valence-electron chi connectivity index (χ1n) is 6.83. The molecule has 1 N–H and O–H groups in total. The van der Waals surface area contributed by atoms with E-state index < -0.39 is 28.5 Å². The number of nitrogens with one attached hydrogen (secondary N) is 1. The number of rotatable bonds is 0. The Kier molecular flexibility index (Phi) is 3.14. The van der Waals surface area contributed by atoms with Gasteiger partial charge < -0.3 is 0 Å². The lowest BCUT2D eigenvalue weighted by Crippen LogP contribution is -2.15. The molecule has 8 heteroatoms. The van der Waals surface area contributed by atoms with Crippen LogP contribution in [0.25, 0.3) is 22.0 Å². The highest BCUT2D eigenvalue weighted by Crippen LogP contribution is 2.44. The number of alkyl halides is 3. The van der Waals surface area contributed by atoms with E-state index in [1.807, 2.05) is 0 Å². The summed E-state index contributed by atoms with van der Waals surface area (Å²) in [5.41, 5.74) is -0.101. The van der Waals surface area contributed by atoms with E-state index in [4.69, 9.17) is 0 Å². The molecule has 122 valence electrons. The van der Waals surface area contributed by atoms with Gasteiger partial charge in [0.15, 0.2) is 11.0 Å². The highest BCUT2D eigenvalue weighted by Gasteiger charge is 2.33. The molecule has 0 saturated carbocycles. The maximum Gasteiger partial charge on any atom is 0.416 e. The van der Waals surface area contributed by atoms with Crippen LogP contribution in [0.1, 0.15) is 5.56 Å². The highest BCUT2D eigenvalue weighted by atomic mass is 32.2. The summed E-state index contributed by atoms with van der Waals surface area (Å²) in [5, 5.41) is 0.205. The number of hydrogen-bond donors (Lipinski definition) is 1. The molecule has 0 spiro atoms. The third-order valence-electron chi connectivity index (χ3n) is 3.83. The Labute approximate surface area is 135 Å². The van der Waals surface area contributed by atoms with Gasteiger partial charge in [-0.3, -0.25) is 9.71 Å². The van der Waals surface area contributed by atoms with E-state index in [1.165, 1.54) is 12.3 Å². The average molecular weight is 352 g/mol. The zero-order chi connectivity index (χ0) is 17.1. The van der Waals surface area contributed by atoms with Crippen LogP contribution in [-0.4, -0.2) is 9.19 Å². The molecule has 0 saturated heterocycles. The van der Waals surface area contributed by atoms with Gasteiger partial charge in [-0.15, -0.1) is 0 Å². The molecule has 1 aliphatic heterocycles. The lowest BCUT2D eigenvalue weighted by molar-refractivity contribution is -0.137. The number of halogens is 4. The second-order valence-corrected chi connectivity index (χ2v) is 6.44. The fraction of sp³-hybridized carbons (Fsp3) is 0.0625. The molecule has 0 amide bonds. The van der Waals surface area contributed by atoms with Crippen molar-refractivity contribution < 1.29 is 21.8 Å². The first-order valence-corrected chi connectivity index (χ1v) is 7.98. The Balaban J connectivity index is 2.08. The summed E-state index contributed by atoms with van der Waals surface area (Å²) < 4.78 is 68.3. The maximum atomic E-state index is 14.3. The molecule has 2 aromatic carbocycles. The second-order valence-electron chi connectivity index (χ2n) is 5.26. The van der Waals surface area contributed by atoms with Crippen molar-refractivity contribution in [3.8, 4) is 11.1 Å². The van der Waals surface area contributed by atoms with Crippen molar-refractivity contribution in [1.29, 1.82) is 0 Å². The first-order chi connectivity index (χ1) is 11.4. The van der Waals surface area contributed by atoms with Crippen LogP contribution in [0.2, 0.25) is 0 Å². The summed E-state index contributed by atoms with van der Waals surface area (Å²) in [4.78, 5) is 4.25. The topological polar surface area (TPSA) is 42.0 Å². The standard InChI is InChI=1S/C16H8F4N2OS/c17-12-7-11-10-6-8(16(18,19)20)3-4-13(10)24(23)22-15(11)14-9(12)2-1-5-21-14/h1-7,22H. The van der Waals surface area contributed by atoms with Crippen LogP contribution in [0.4, 0.5) is 23.2 Å². The molecule has 1 aliphatic rings. The third kappa shape index (κ3) is 2.17. The van der Waals surface area contributed by atoms with Gasteiger partial charge in [0, 0.05) is 22.7 Å². The zero-order valence-electron chi connectivity index (χ0n) is 11.8. The fourth-order valence-corrected chi connectivity index (χ4v) is 3.81. The minimum Gasteiger partial charge on any atom is -0.298 e. The van der Waals surface area contributed by atoms with Gasteiger partial charge in [0.1, 0.15) is 5.82 Å². The van der Waals surface area contributed by atoms with Crippen LogP contribution in [0.5, 0.6) is 0 Å². The largest absolute Gasteiger partial charge is 0.416 e. The van der Waals surface area contributed by atoms with Gasteiger partial charge in [-0.2, -0.15) is 13.2 Å². The van der Waals surface area contributed by atoms with Crippen LogP contribution in [-0.2, 0) is 17.2 Å². The van der Waals surface area contributed by atoms with Gasteiger partial charge in [0.05, 0.1) is 21.7 Å². The normalized spacial score (nSPS) is 16.4. The van der Waals surface area contributed by atoms with Crippen molar-refractivity contribution >= 4 is 27.6 Å². The summed E-state index contributed by atoms with van der Waals surface area (Å²) >= 11 is 0. The monoisotopic (exact) mass is 352 g/mol. The van der Waals surface area contributed by atoms with E-state index in [0.717, 1.165) is 24.3 Å². The van der Waals surface area contributed by atoms with Crippen LogP contribution < -0.4 is 4.72 Å². The van der Waals surface area contributed by atoms with E-state index >= 15 is 0 Å². The quantitative estimate of drug-likeness (QED) is 0.605. The summed E-state index contributed by atoms with van der Waals surface area (Å²) in [6, 6.07) is 7.09. The molecule has 0 radical (unpaired) electrons. The van der Waals surface area contributed by atoms with Crippen molar-refractivity contribution in [3.05, 3.63) is 54.0 Å². The van der Waals surface area contributed by atoms with Crippen LogP contribution in [0.15, 0.2) is 47.5 Å². The molecule has 1 atom stereocenters. The maximum absolute atomic E-state index is 14.3. The number of nitrogens with zero attached hydrogens (tertiary/aromatic N) is 1. The third-order valence-corrected chi connectivity index (χ3v) is 4.98. The Hall–Kier alpha value is -2.48. The molecule has 24 heavy (non-hydrogen) atoms. The molecular formula is C16H8F4N2OS. The summed E-state index contributed by atoms with van der Waals surface area (Å²) in [6.45, 7) is 0. The van der Waals surface area contributed by atoms with Gasteiger partial charge in [-0.1, -0.05) is 0 Å². The van der Waals surface area contributed by atoms with E-state index in [9.17, 15) is 21.8 Å². The van der Waals surface area contributed by atoms with Crippen molar-refractivity contribution in [2.75, 3.05) is 4.72 Å². The highest BCUT2D eigenvalue weighted by molar-refractivity contribution is 7.86. The second kappa shape index (κ2) is 5.01. The summed E-state index contributed by atoms with van der Waals surface area (Å²) in [5.74, 6) is -0.602. The van der Waals surface area contributed by atoms with Gasteiger partial charge in [0.25, 0.3) is 0 Å². The molecule has 1 aromatic heterocycles.